The zero-order valence-corrected chi connectivity index (χ0v) is 9.78. The third kappa shape index (κ3) is 2.30. The summed E-state index contributed by atoms with van der Waals surface area (Å²) in [7, 11) is 0. The van der Waals surface area contributed by atoms with Crippen LogP contribution in [0.3, 0.4) is 0 Å². The standard InChI is InChI=1S/C15H18O/c1-4-11-15(12-5-2,13(3)16)14-9-7-6-8-10-14/h4-10H,1-2,11-12H2,3H3. The number of hydrogen-bond acceptors (Lipinski definition) is 1. The molecule has 1 aromatic carbocycles. The van der Waals surface area contributed by atoms with Crippen LogP contribution in [0.4, 0.5) is 0 Å². The zero-order chi connectivity index (χ0) is 12.0. The van der Waals surface area contributed by atoms with Crippen LogP contribution in [-0.4, -0.2) is 5.78 Å². The molecule has 84 valence electrons. The minimum atomic E-state index is -0.481. The van der Waals surface area contributed by atoms with E-state index in [0.29, 0.717) is 12.8 Å². The van der Waals surface area contributed by atoms with Gasteiger partial charge in [-0.1, -0.05) is 42.5 Å². The Kier molecular flexibility index (Phi) is 4.24. The molecular weight excluding hydrogens is 196 g/mol. The first-order valence-electron chi connectivity index (χ1n) is 5.45. The fourth-order valence-electron chi connectivity index (χ4n) is 2.06. The Labute approximate surface area is 97.5 Å². The second-order valence-electron chi connectivity index (χ2n) is 3.99. The fourth-order valence-corrected chi connectivity index (χ4v) is 2.06. The predicted octanol–water partition coefficient (Wildman–Crippen LogP) is 3.67. The van der Waals surface area contributed by atoms with Crippen LogP contribution in [-0.2, 0) is 10.2 Å². The molecule has 1 aromatic rings. The van der Waals surface area contributed by atoms with E-state index >= 15 is 0 Å². The third-order valence-corrected chi connectivity index (χ3v) is 2.99. The summed E-state index contributed by atoms with van der Waals surface area (Å²) >= 11 is 0. The molecule has 1 nitrogen and oxygen atoms in total. The highest BCUT2D eigenvalue weighted by Gasteiger charge is 2.34. The molecule has 0 aliphatic heterocycles. The van der Waals surface area contributed by atoms with E-state index in [1.54, 1.807) is 19.1 Å². The van der Waals surface area contributed by atoms with Crippen molar-refractivity contribution in [3.8, 4) is 0 Å². The maximum Gasteiger partial charge on any atom is 0.140 e. The van der Waals surface area contributed by atoms with Crippen molar-refractivity contribution in [3.63, 3.8) is 0 Å². The largest absolute Gasteiger partial charge is 0.299 e. The average Bonchev–Trinajstić information content (AvgIpc) is 2.29. The summed E-state index contributed by atoms with van der Waals surface area (Å²) in [5, 5.41) is 0. The molecule has 16 heavy (non-hydrogen) atoms. The lowest BCUT2D eigenvalue weighted by atomic mass is 9.72. The van der Waals surface area contributed by atoms with E-state index in [-0.39, 0.29) is 5.78 Å². The fraction of sp³-hybridized carbons (Fsp3) is 0.267. The van der Waals surface area contributed by atoms with Crippen LogP contribution in [0, 0.1) is 0 Å². The molecule has 0 unspecified atom stereocenters. The summed E-state index contributed by atoms with van der Waals surface area (Å²) < 4.78 is 0. The normalized spacial score (nSPS) is 10.8. The Morgan fingerprint density at radius 1 is 1.19 bits per heavy atom. The Hall–Kier alpha value is -1.63. The van der Waals surface area contributed by atoms with Gasteiger partial charge in [0.1, 0.15) is 5.78 Å². The molecule has 0 bridgehead atoms. The molecule has 0 atom stereocenters. The number of carbonyl (C=O) groups excluding carboxylic acids is 1. The van der Waals surface area contributed by atoms with Gasteiger partial charge in [0.25, 0.3) is 0 Å². The van der Waals surface area contributed by atoms with Crippen LogP contribution in [0.15, 0.2) is 55.6 Å². The monoisotopic (exact) mass is 214 g/mol. The second kappa shape index (κ2) is 5.45. The van der Waals surface area contributed by atoms with Gasteiger partial charge < -0.3 is 0 Å². The third-order valence-electron chi connectivity index (χ3n) is 2.99. The van der Waals surface area contributed by atoms with Crippen LogP contribution in [0.2, 0.25) is 0 Å². The number of benzene rings is 1. The van der Waals surface area contributed by atoms with Crippen molar-refractivity contribution in [2.75, 3.05) is 0 Å². The number of hydrogen-bond donors (Lipinski definition) is 0. The number of allylic oxidation sites excluding steroid dienone is 2. The van der Waals surface area contributed by atoms with Crippen molar-refractivity contribution in [2.45, 2.75) is 25.2 Å². The second-order valence-corrected chi connectivity index (χ2v) is 3.99. The summed E-state index contributed by atoms with van der Waals surface area (Å²) in [5.74, 6) is 0.165. The van der Waals surface area contributed by atoms with E-state index in [2.05, 4.69) is 13.2 Å². The van der Waals surface area contributed by atoms with E-state index in [0.717, 1.165) is 5.56 Å². The highest BCUT2D eigenvalue weighted by atomic mass is 16.1. The van der Waals surface area contributed by atoms with Gasteiger partial charge in [0.05, 0.1) is 5.41 Å². The predicted molar refractivity (Wildman–Crippen MR) is 68.4 cm³/mol. The topological polar surface area (TPSA) is 17.1 Å². The van der Waals surface area contributed by atoms with E-state index in [1.165, 1.54) is 0 Å². The first-order valence-corrected chi connectivity index (χ1v) is 5.45. The van der Waals surface area contributed by atoms with Crippen LogP contribution in [0.25, 0.3) is 0 Å². The maximum absolute atomic E-state index is 12.0. The van der Waals surface area contributed by atoms with Crippen LogP contribution in [0.5, 0.6) is 0 Å². The van der Waals surface area contributed by atoms with Crippen molar-refractivity contribution in [2.24, 2.45) is 0 Å². The Morgan fingerprint density at radius 2 is 1.69 bits per heavy atom. The molecule has 0 N–H and O–H groups in total. The molecule has 0 saturated heterocycles. The van der Waals surface area contributed by atoms with Gasteiger partial charge >= 0.3 is 0 Å². The zero-order valence-electron chi connectivity index (χ0n) is 9.78. The number of rotatable bonds is 6. The maximum atomic E-state index is 12.0. The van der Waals surface area contributed by atoms with Crippen molar-refractivity contribution in [3.05, 3.63) is 61.2 Å². The van der Waals surface area contributed by atoms with Gasteiger partial charge in [-0.05, 0) is 25.3 Å². The molecular formula is C15H18O. The van der Waals surface area contributed by atoms with Crippen LogP contribution in [0.1, 0.15) is 25.3 Å². The van der Waals surface area contributed by atoms with Crippen molar-refractivity contribution < 1.29 is 4.79 Å². The van der Waals surface area contributed by atoms with Crippen LogP contribution < -0.4 is 0 Å². The molecule has 0 saturated carbocycles. The van der Waals surface area contributed by atoms with Crippen LogP contribution >= 0.6 is 0 Å². The molecule has 1 heteroatoms. The van der Waals surface area contributed by atoms with E-state index in [1.807, 2.05) is 30.3 Å². The Bertz CT molecular complexity index is 366. The summed E-state index contributed by atoms with van der Waals surface area (Å²) in [6.45, 7) is 9.14. The minimum Gasteiger partial charge on any atom is -0.299 e. The Morgan fingerprint density at radius 3 is 2.06 bits per heavy atom. The summed E-state index contributed by atoms with van der Waals surface area (Å²) in [5.41, 5.74) is 0.562. The van der Waals surface area contributed by atoms with Gasteiger partial charge in [-0.25, -0.2) is 0 Å². The lowest BCUT2D eigenvalue weighted by molar-refractivity contribution is -0.122. The lowest BCUT2D eigenvalue weighted by Gasteiger charge is -2.29. The summed E-state index contributed by atoms with van der Waals surface area (Å²) in [6.07, 6.45) is 4.91. The van der Waals surface area contributed by atoms with E-state index < -0.39 is 5.41 Å². The summed E-state index contributed by atoms with van der Waals surface area (Å²) in [6, 6.07) is 9.86. The molecule has 0 aliphatic carbocycles. The van der Waals surface area contributed by atoms with Gasteiger partial charge in [0, 0.05) is 0 Å². The molecule has 0 spiro atoms. The molecule has 0 fully saturated rings. The van der Waals surface area contributed by atoms with Gasteiger partial charge in [-0.3, -0.25) is 4.79 Å². The number of ketones is 1. The highest BCUT2D eigenvalue weighted by Crippen LogP contribution is 2.33. The molecule has 0 amide bonds. The quantitative estimate of drug-likeness (QED) is 0.660. The highest BCUT2D eigenvalue weighted by molar-refractivity contribution is 5.88. The lowest BCUT2D eigenvalue weighted by Crippen LogP contribution is -2.33. The number of carbonyl (C=O) groups is 1. The van der Waals surface area contributed by atoms with Crippen molar-refractivity contribution >= 4 is 5.78 Å². The van der Waals surface area contributed by atoms with Crippen molar-refractivity contribution in [1.82, 2.24) is 0 Å². The molecule has 0 aromatic heterocycles. The minimum absolute atomic E-state index is 0.165. The van der Waals surface area contributed by atoms with E-state index in [4.69, 9.17) is 0 Å². The SMILES string of the molecule is C=CCC(CC=C)(C(C)=O)c1ccccc1. The first kappa shape index (κ1) is 12.4. The Balaban J connectivity index is 3.25. The molecule has 1 rings (SSSR count). The van der Waals surface area contributed by atoms with Gasteiger partial charge in [0.2, 0.25) is 0 Å². The van der Waals surface area contributed by atoms with Gasteiger partial charge in [-0.2, -0.15) is 0 Å². The average molecular weight is 214 g/mol. The number of Topliss-reactive ketones (excluding diaryl/α,β-unsaturated/α-hetero) is 1. The molecule has 0 radical (unpaired) electrons. The smallest absolute Gasteiger partial charge is 0.140 e. The molecule has 0 aliphatic rings. The summed E-state index contributed by atoms with van der Waals surface area (Å²) in [4.78, 5) is 12.0. The van der Waals surface area contributed by atoms with Crippen molar-refractivity contribution in [1.29, 1.82) is 0 Å². The molecule has 0 heterocycles. The van der Waals surface area contributed by atoms with Gasteiger partial charge in [-0.15, -0.1) is 13.2 Å². The first-order chi connectivity index (χ1) is 7.67. The van der Waals surface area contributed by atoms with E-state index in [9.17, 15) is 4.79 Å². The van der Waals surface area contributed by atoms with Gasteiger partial charge in [0.15, 0.2) is 0 Å².